The van der Waals surface area contributed by atoms with E-state index < -0.39 is 16.7 Å². The highest BCUT2D eigenvalue weighted by Gasteiger charge is 2.35. The van der Waals surface area contributed by atoms with Crippen molar-refractivity contribution in [1.29, 1.82) is 0 Å². The highest BCUT2D eigenvalue weighted by Crippen LogP contribution is 2.34. The molecule has 0 unspecified atom stereocenters. The van der Waals surface area contributed by atoms with Crippen LogP contribution in [0.5, 0.6) is 0 Å². The van der Waals surface area contributed by atoms with Crippen LogP contribution in [0.1, 0.15) is 11.3 Å². The summed E-state index contributed by atoms with van der Waals surface area (Å²) < 4.78 is 5.02. The molecule has 0 saturated carbocycles. The lowest BCUT2D eigenvalue weighted by atomic mass is 10.1. The van der Waals surface area contributed by atoms with Crippen molar-refractivity contribution in [1.82, 2.24) is 4.90 Å². The number of thioether (sulfide) groups is 1. The average Bonchev–Trinajstić information content (AvgIpc) is 3.22. The number of imide groups is 1. The highest BCUT2D eigenvalue weighted by molar-refractivity contribution is 8.18. The van der Waals surface area contributed by atoms with Crippen LogP contribution in [-0.4, -0.2) is 21.0 Å². The van der Waals surface area contributed by atoms with Crippen molar-refractivity contribution in [2.45, 2.75) is 6.54 Å². The van der Waals surface area contributed by atoms with Gasteiger partial charge in [-0.15, -0.1) is 0 Å². The molecular formula is C19H12N2O5S. The summed E-state index contributed by atoms with van der Waals surface area (Å²) in [6, 6.07) is 16.2. The minimum atomic E-state index is -0.664. The van der Waals surface area contributed by atoms with Crippen molar-refractivity contribution >= 4 is 45.6 Å². The number of furan rings is 1. The third-order valence-electron chi connectivity index (χ3n) is 4.09. The largest absolute Gasteiger partial charge is 0.433 e. The molecule has 2 amide bonds. The van der Waals surface area contributed by atoms with E-state index in [2.05, 4.69) is 0 Å². The summed E-state index contributed by atoms with van der Waals surface area (Å²) in [5.41, 5.74) is 0.839. The van der Waals surface area contributed by atoms with Gasteiger partial charge in [0.2, 0.25) is 0 Å². The van der Waals surface area contributed by atoms with E-state index in [1.54, 1.807) is 0 Å². The summed E-state index contributed by atoms with van der Waals surface area (Å²) in [6.45, 7) is 0.158. The molecule has 0 bridgehead atoms. The van der Waals surface area contributed by atoms with E-state index in [4.69, 9.17) is 4.42 Å². The van der Waals surface area contributed by atoms with Crippen molar-refractivity contribution in [3.05, 3.63) is 80.9 Å². The Bertz CT molecular complexity index is 1120. The molecule has 1 fully saturated rings. The van der Waals surface area contributed by atoms with Crippen molar-refractivity contribution in [2.24, 2.45) is 0 Å². The van der Waals surface area contributed by atoms with E-state index in [1.165, 1.54) is 18.2 Å². The predicted molar refractivity (Wildman–Crippen MR) is 101 cm³/mol. The molecule has 134 valence electrons. The van der Waals surface area contributed by atoms with E-state index in [1.807, 2.05) is 42.5 Å². The van der Waals surface area contributed by atoms with E-state index in [0.29, 0.717) is 0 Å². The first-order valence-corrected chi connectivity index (χ1v) is 8.80. The number of nitrogens with zero attached hydrogens (tertiary/aromatic N) is 2. The van der Waals surface area contributed by atoms with Crippen LogP contribution in [0.25, 0.3) is 16.8 Å². The number of fused-ring (bicyclic) bond motifs is 1. The maximum atomic E-state index is 12.6. The molecule has 1 saturated heterocycles. The van der Waals surface area contributed by atoms with Crippen LogP contribution < -0.4 is 0 Å². The monoisotopic (exact) mass is 380 g/mol. The van der Waals surface area contributed by atoms with Crippen LogP contribution in [0.4, 0.5) is 10.7 Å². The second kappa shape index (κ2) is 6.73. The standard InChI is InChI=1S/C19H12N2O5S/c22-18-16(10-15-7-8-17(26-15)21(24)25)27-19(23)20(18)11-12-5-6-13-3-1-2-4-14(13)9-12/h1-10H,11H2/b16-10-. The molecular weight excluding hydrogens is 368 g/mol. The van der Waals surface area contributed by atoms with Gasteiger partial charge < -0.3 is 4.42 Å². The topological polar surface area (TPSA) is 93.7 Å². The molecule has 1 aliphatic heterocycles. The third-order valence-corrected chi connectivity index (χ3v) is 5.00. The smallest absolute Gasteiger partial charge is 0.401 e. The Balaban J connectivity index is 1.56. The van der Waals surface area contributed by atoms with Crippen molar-refractivity contribution < 1.29 is 18.9 Å². The molecule has 3 aromatic rings. The fraction of sp³-hybridized carbons (Fsp3) is 0.0526. The zero-order valence-corrected chi connectivity index (χ0v) is 14.6. The summed E-state index contributed by atoms with van der Waals surface area (Å²) in [5.74, 6) is -0.716. The maximum absolute atomic E-state index is 12.6. The van der Waals surface area contributed by atoms with Gasteiger partial charge in [0, 0.05) is 6.08 Å². The van der Waals surface area contributed by atoms with Gasteiger partial charge in [-0.2, -0.15) is 0 Å². The van der Waals surface area contributed by atoms with E-state index >= 15 is 0 Å². The Kier molecular flexibility index (Phi) is 4.25. The van der Waals surface area contributed by atoms with E-state index in [9.17, 15) is 19.7 Å². The number of carbonyl (C=O) groups excluding carboxylic acids is 2. The number of rotatable bonds is 4. The summed E-state index contributed by atoms with van der Waals surface area (Å²) in [5, 5.41) is 12.4. The molecule has 0 N–H and O–H groups in total. The van der Waals surface area contributed by atoms with Crippen LogP contribution in [0.3, 0.4) is 0 Å². The molecule has 7 nitrogen and oxygen atoms in total. The van der Waals surface area contributed by atoms with Gasteiger partial charge in [-0.3, -0.25) is 24.6 Å². The second-order valence-corrected chi connectivity index (χ2v) is 6.88. The molecule has 2 aromatic carbocycles. The maximum Gasteiger partial charge on any atom is 0.433 e. The van der Waals surface area contributed by atoms with E-state index in [-0.39, 0.29) is 22.4 Å². The molecule has 1 aliphatic rings. The van der Waals surface area contributed by atoms with Crippen molar-refractivity contribution in [2.75, 3.05) is 0 Å². The van der Waals surface area contributed by atoms with Crippen LogP contribution in [0.15, 0.2) is 63.9 Å². The lowest BCUT2D eigenvalue weighted by Gasteiger charge is -2.13. The van der Waals surface area contributed by atoms with Gasteiger partial charge in [-0.25, -0.2) is 0 Å². The normalized spacial score (nSPS) is 15.9. The Morgan fingerprint density at radius 2 is 1.85 bits per heavy atom. The zero-order valence-electron chi connectivity index (χ0n) is 13.8. The molecule has 0 atom stereocenters. The average molecular weight is 380 g/mol. The van der Waals surface area contributed by atoms with Crippen LogP contribution >= 0.6 is 11.8 Å². The first kappa shape index (κ1) is 17.0. The quantitative estimate of drug-likeness (QED) is 0.374. The molecule has 2 heterocycles. The Morgan fingerprint density at radius 3 is 2.59 bits per heavy atom. The van der Waals surface area contributed by atoms with Crippen LogP contribution in [0, 0.1) is 10.1 Å². The molecule has 0 aliphatic carbocycles. The van der Waals surface area contributed by atoms with E-state index in [0.717, 1.165) is 33.0 Å². The Hall–Kier alpha value is -3.39. The lowest BCUT2D eigenvalue weighted by molar-refractivity contribution is -0.402. The number of carbonyl (C=O) groups is 2. The lowest BCUT2D eigenvalue weighted by Crippen LogP contribution is -2.27. The van der Waals surface area contributed by atoms with Gasteiger partial charge in [0.15, 0.2) is 0 Å². The molecule has 27 heavy (non-hydrogen) atoms. The predicted octanol–water partition coefficient (Wildman–Crippen LogP) is 4.58. The minimum absolute atomic E-state index is 0.151. The summed E-state index contributed by atoms with van der Waals surface area (Å²) >= 11 is 0.786. The first-order chi connectivity index (χ1) is 13.0. The Labute approximate surface area is 157 Å². The van der Waals surface area contributed by atoms with Gasteiger partial charge in [0.05, 0.1) is 17.5 Å². The number of hydrogen-bond donors (Lipinski definition) is 0. The first-order valence-electron chi connectivity index (χ1n) is 7.98. The number of nitro groups is 1. The van der Waals surface area contributed by atoms with Gasteiger partial charge in [-0.05, 0) is 40.2 Å². The summed E-state index contributed by atoms with van der Waals surface area (Å²) in [4.78, 5) is 36.2. The van der Waals surface area contributed by atoms with Crippen LogP contribution in [0.2, 0.25) is 0 Å². The van der Waals surface area contributed by atoms with Gasteiger partial charge in [0.1, 0.15) is 10.7 Å². The number of benzene rings is 2. The minimum Gasteiger partial charge on any atom is -0.401 e. The molecule has 0 radical (unpaired) electrons. The highest BCUT2D eigenvalue weighted by atomic mass is 32.2. The van der Waals surface area contributed by atoms with Gasteiger partial charge in [-0.1, -0.05) is 36.4 Å². The summed E-state index contributed by atoms with van der Waals surface area (Å²) in [7, 11) is 0. The second-order valence-electron chi connectivity index (χ2n) is 5.88. The number of hydrogen-bond acceptors (Lipinski definition) is 6. The van der Waals surface area contributed by atoms with Crippen LogP contribution in [-0.2, 0) is 11.3 Å². The SMILES string of the molecule is O=C1S/C(=C\c2ccc([N+](=O)[O-])o2)C(=O)N1Cc1ccc2ccccc2c1. The zero-order chi connectivity index (χ0) is 19.0. The fourth-order valence-corrected chi connectivity index (χ4v) is 3.62. The molecule has 4 rings (SSSR count). The molecule has 1 aromatic heterocycles. The van der Waals surface area contributed by atoms with Crippen molar-refractivity contribution in [3.8, 4) is 0 Å². The molecule has 8 heteroatoms. The Morgan fingerprint density at radius 1 is 1.07 bits per heavy atom. The fourth-order valence-electron chi connectivity index (χ4n) is 2.80. The van der Waals surface area contributed by atoms with Gasteiger partial charge in [0.25, 0.3) is 11.1 Å². The number of amides is 2. The van der Waals surface area contributed by atoms with Gasteiger partial charge >= 0.3 is 5.88 Å². The molecule has 0 spiro atoms. The third kappa shape index (κ3) is 3.34. The van der Waals surface area contributed by atoms with Crippen molar-refractivity contribution in [3.63, 3.8) is 0 Å². The summed E-state index contributed by atoms with van der Waals surface area (Å²) in [6.07, 6.45) is 1.35.